The van der Waals surface area contributed by atoms with E-state index < -0.39 is 0 Å². The number of rotatable bonds is 8. The molecule has 8 nitrogen and oxygen atoms in total. The molecule has 0 aliphatic heterocycles. The van der Waals surface area contributed by atoms with Crippen LogP contribution in [0.5, 0.6) is 11.5 Å². The Bertz CT molecular complexity index is 1010. The molecule has 0 atom stereocenters. The molecule has 28 heavy (non-hydrogen) atoms. The van der Waals surface area contributed by atoms with E-state index in [1.807, 2.05) is 36.4 Å². The molecule has 144 valence electrons. The van der Waals surface area contributed by atoms with Crippen LogP contribution >= 0.6 is 0 Å². The van der Waals surface area contributed by atoms with Gasteiger partial charge in [-0.1, -0.05) is 30.3 Å². The quantitative estimate of drug-likeness (QED) is 0.410. The minimum atomic E-state index is -0.346. The van der Waals surface area contributed by atoms with Crippen molar-refractivity contribution in [2.75, 3.05) is 7.11 Å². The summed E-state index contributed by atoms with van der Waals surface area (Å²) in [7, 11) is 1.56. The minimum Gasteiger partial charge on any atom is -0.493 e. The fourth-order valence-corrected chi connectivity index (χ4v) is 2.48. The second-order valence-electron chi connectivity index (χ2n) is 5.94. The van der Waals surface area contributed by atoms with Crippen LogP contribution in [0.4, 0.5) is 0 Å². The number of amides is 1. The molecule has 3 rings (SSSR count). The number of H-pyrrole nitrogens is 2. The molecule has 0 saturated carbocycles. The highest BCUT2D eigenvalue weighted by Gasteiger charge is 2.06. The lowest BCUT2D eigenvalue weighted by Gasteiger charge is -2.11. The maximum Gasteiger partial charge on any atom is 0.264 e. The number of hydrogen-bond donors (Lipinski definition) is 3. The smallest absolute Gasteiger partial charge is 0.264 e. The molecule has 2 aromatic carbocycles. The van der Waals surface area contributed by atoms with E-state index in [4.69, 9.17) is 9.47 Å². The molecular weight excluding hydrogens is 360 g/mol. The zero-order valence-corrected chi connectivity index (χ0v) is 15.3. The van der Waals surface area contributed by atoms with Crippen molar-refractivity contribution >= 4 is 12.1 Å². The van der Waals surface area contributed by atoms with Crippen molar-refractivity contribution in [1.29, 1.82) is 0 Å². The van der Waals surface area contributed by atoms with Gasteiger partial charge in [-0.15, -0.1) is 0 Å². The Balaban J connectivity index is 1.57. The average molecular weight is 380 g/mol. The molecule has 0 aliphatic carbocycles. The maximum absolute atomic E-state index is 11.8. The average Bonchev–Trinajstić information content (AvgIpc) is 3.12. The van der Waals surface area contributed by atoms with E-state index in [0.717, 1.165) is 11.1 Å². The van der Waals surface area contributed by atoms with Crippen LogP contribution in [0.25, 0.3) is 0 Å². The molecule has 0 fully saturated rings. The first-order valence-electron chi connectivity index (χ1n) is 8.57. The SMILES string of the molecule is COc1cc(/C=N\NC(=O)Cc2cc(=O)[nH][nH]2)ccc1OCc1ccccc1. The topological polar surface area (TPSA) is 109 Å². The number of carbonyl (C=O) groups excluding carboxylic acids is 1. The van der Waals surface area contributed by atoms with Crippen molar-refractivity contribution in [1.82, 2.24) is 15.6 Å². The number of carbonyl (C=O) groups is 1. The molecule has 3 aromatic rings. The van der Waals surface area contributed by atoms with Crippen LogP contribution in [0.3, 0.4) is 0 Å². The van der Waals surface area contributed by atoms with Gasteiger partial charge in [0.05, 0.1) is 19.7 Å². The lowest BCUT2D eigenvalue weighted by atomic mass is 10.2. The lowest BCUT2D eigenvalue weighted by Crippen LogP contribution is -2.20. The van der Waals surface area contributed by atoms with Crippen LogP contribution in [0.2, 0.25) is 0 Å². The Labute approximate surface area is 161 Å². The van der Waals surface area contributed by atoms with Gasteiger partial charge in [0.15, 0.2) is 11.5 Å². The van der Waals surface area contributed by atoms with Crippen molar-refractivity contribution in [2.24, 2.45) is 5.10 Å². The van der Waals surface area contributed by atoms with Gasteiger partial charge < -0.3 is 14.6 Å². The first-order valence-corrected chi connectivity index (χ1v) is 8.57. The van der Waals surface area contributed by atoms with Crippen LogP contribution in [0, 0.1) is 0 Å². The van der Waals surface area contributed by atoms with Gasteiger partial charge in [-0.2, -0.15) is 5.10 Å². The number of aromatic amines is 2. The predicted octanol–water partition coefficient (Wildman–Crippen LogP) is 1.98. The molecule has 1 aromatic heterocycles. The Morgan fingerprint density at radius 3 is 2.64 bits per heavy atom. The van der Waals surface area contributed by atoms with Gasteiger partial charge in [0, 0.05) is 11.8 Å². The number of aromatic nitrogens is 2. The number of benzene rings is 2. The molecular formula is C20H20N4O4. The summed E-state index contributed by atoms with van der Waals surface area (Å²) in [6, 6.07) is 16.5. The minimum absolute atomic E-state index is 0.0195. The first kappa shape index (κ1) is 19.0. The summed E-state index contributed by atoms with van der Waals surface area (Å²) in [6.07, 6.45) is 1.52. The zero-order chi connectivity index (χ0) is 19.8. The number of hydrogen-bond acceptors (Lipinski definition) is 5. The highest BCUT2D eigenvalue weighted by molar-refractivity contribution is 5.83. The first-order chi connectivity index (χ1) is 13.6. The van der Waals surface area contributed by atoms with Gasteiger partial charge in [-0.05, 0) is 29.3 Å². The van der Waals surface area contributed by atoms with Crippen molar-refractivity contribution in [2.45, 2.75) is 13.0 Å². The molecule has 0 unspecified atom stereocenters. The number of nitrogens with one attached hydrogen (secondary N) is 3. The summed E-state index contributed by atoms with van der Waals surface area (Å²) >= 11 is 0. The van der Waals surface area contributed by atoms with E-state index in [2.05, 4.69) is 20.7 Å². The van der Waals surface area contributed by atoms with Crippen LogP contribution in [0.1, 0.15) is 16.8 Å². The van der Waals surface area contributed by atoms with E-state index in [-0.39, 0.29) is 17.9 Å². The van der Waals surface area contributed by atoms with Gasteiger partial charge in [0.1, 0.15) is 6.61 Å². The van der Waals surface area contributed by atoms with Gasteiger partial charge in [0.25, 0.3) is 5.56 Å². The third kappa shape index (κ3) is 5.34. The second kappa shape index (κ2) is 9.22. The molecule has 0 saturated heterocycles. The van der Waals surface area contributed by atoms with Gasteiger partial charge in [-0.3, -0.25) is 14.7 Å². The summed E-state index contributed by atoms with van der Waals surface area (Å²) in [5, 5.41) is 8.90. The largest absolute Gasteiger partial charge is 0.493 e. The monoisotopic (exact) mass is 380 g/mol. The van der Waals surface area contributed by atoms with Crippen LogP contribution in [-0.2, 0) is 17.8 Å². The number of methoxy groups -OCH3 is 1. The van der Waals surface area contributed by atoms with E-state index in [1.165, 1.54) is 12.3 Å². The molecule has 0 aliphatic rings. The maximum atomic E-state index is 11.8. The fourth-order valence-electron chi connectivity index (χ4n) is 2.48. The third-order valence-electron chi connectivity index (χ3n) is 3.83. The highest BCUT2D eigenvalue weighted by atomic mass is 16.5. The lowest BCUT2D eigenvalue weighted by molar-refractivity contribution is -0.120. The van der Waals surface area contributed by atoms with E-state index in [0.29, 0.717) is 23.8 Å². The van der Waals surface area contributed by atoms with E-state index >= 15 is 0 Å². The Morgan fingerprint density at radius 1 is 1.11 bits per heavy atom. The van der Waals surface area contributed by atoms with Crippen LogP contribution < -0.4 is 20.5 Å². The molecule has 3 N–H and O–H groups in total. The summed E-state index contributed by atoms with van der Waals surface area (Å²) in [5.41, 5.74) is 4.40. The molecule has 0 radical (unpaired) electrons. The van der Waals surface area contributed by atoms with Gasteiger partial charge in [0.2, 0.25) is 5.91 Å². The fraction of sp³-hybridized carbons (Fsp3) is 0.150. The molecule has 0 bridgehead atoms. The highest BCUT2D eigenvalue weighted by Crippen LogP contribution is 2.28. The van der Waals surface area contributed by atoms with Crippen molar-refractivity contribution in [3.05, 3.63) is 81.8 Å². The summed E-state index contributed by atoms with van der Waals surface area (Å²) in [6.45, 7) is 0.432. The Hall–Kier alpha value is -3.81. The number of nitrogens with zero attached hydrogens (tertiary/aromatic N) is 1. The number of ether oxygens (including phenoxy) is 2. The standard InChI is InChI=1S/C20H20N4O4/c1-27-18-9-15(7-8-17(18)28-13-14-5-3-2-4-6-14)12-21-23-19(25)10-16-11-20(26)24-22-16/h2-9,11-12H,10,13H2,1H3,(H,23,25)(H2,22,24,26)/b21-12-. The van der Waals surface area contributed by atoms with Gasteiger partial charge >= 0.3 is 0 Å². The zero-order valence-electron chi connectivity index (χ0n) is 15.3. The molecule has 1 heterocycles. The number of hydrazone groups is 1. The van der Waals surface area contributed by atoms with Gasteiger partial charge in [-0.25, -0.2) is 5.43 Å². The summed E-state index contributed by atoms with van der Waals surface area (Å²) in [4.78, 5) is 22.8. The normalized spacial score (nSPS) is 10.8. The van der Waals surface area contributed by atoms with Crippen molar-refractivity contribution in [3.8, 4) is 11.5 Å². The summed E-state index contributed by atoms with van der Waals surface area (Å²) < 4.78 is 11.2. The Morgan fingerprint density at radius 2 is 1.93 bits per heavy atom. The Kier molecular flexibility index (Phi) is 6.25. The van der Waals surface area contributed by atoms with Crippen molar-refractivity contribution in [3.63, 3.8) is 0 Å². The summed E-state index contributed by atoms with van der Waals surface area (Å²) in [5.74, 6) is 0.835. The second-order valence-corrected chi connectivity index (χ2v) is 5.94. The third-order valence-corrected chi connectivity index (χ3v) is 3.83. The molecule has 8 heteroatoms. The van der Waals surface area contributed by atoms with Crippen LogP contribution in [-0.4, -0.2) is 29.4 Å². The van der Waals surface area contributed by atoms with Crippen molar-refractivity contribution < 1.29 is 14.3 Å². The molecule has 0 spiro atoms. The molecule has 1 amide bonds. The van der Waals surface area contributed by atoms with E-state index in [9.17, 15) is 9.59 Å². The predicted molar refractivity (Wildman–Crippen MR) is 105 cm³/mol. The van der Waals surface area contributed by atoms with Crippen LogP contribution in [0.15, 0.2) is 64.5 Å². The van der Waals surface area contributed by atoms with E-state index in [1.54, 1.807) is 19.2 Å².